The summed E-state index contributed by atoms with van der Waals surface area (Å²) in [4.78, 5) is 1.01. The zero-order chi connectivity index (χ0) is 15.3. The monoisotopic (exact) mass is 327 g/mol. The van der Waals surface area contributed by atoms with Gasteiger partial charge >= 0.3 is 0 Å². The van der Waals surface area contributed by atoms with Gasteiger partial charge < -0.3 is 4.74 Å². The molecule has 0 spiro atoms. The molecule has 21 heavy (non-hydrogen) atoms. The first-order valence-corrected chi connectivity index (χ1v) is 8.62. The van der Waals surface area contributed by atoms with Gasteiger partial charge in [0.2, 0.25) is 10.0 Å². The van der Waals surface area contributed by atoms with Crippen LogP contribution < -0.4 is 9.88 Å². The number of hydrogen-bond acceptors (Lipinski definition) is 4. The molecule has 0 unspecified atom stereocenters. The Bertz CT molecular complexity index is 685. The summed E-state index contributed by atoms with van der Waals surface area (Å²) >= 11 is 1.55. The fourth-order valence-corrected chi connectivity index (χ4v) is 2.82. The minimum absolute atomic E-state index is 0.0514. The number of primary sulfonamides is 1. The maximum absolute atomic E-state index is 12.7. The van der Waals surface area contributed by atoms with Gasteiger partial charge in [-0.2, -0.15) is 0 Å². The van der Waals surface area contributed by atoms with Gasteiger partial charge in [0.1, 0.15) is 11.6 Å². The molecule has 2 aromatic rings. The average Bonchev–Trinajstić information content (AvgIpc) is 2.45. The molecule has 2 aromatic carbocycles. The Morgan fingerprint density at radius 3 is 2.24 bits per heavy atom. The Kier molecular flexibility index (Phi) is 5.22. The third-order valence-electron chi connectivity index (χ3n) is 2.59. The maximum atomic E-state index is 12.7. The lowest BCUT2D eigenvalue weighted by Crippen LogP contribution is -2.11. The van der Waals surface area contributed by atoms with E-state index in [2.05, 4.69) is 0 Å². The zero-order valence-corrected chi connectivity index (χ0v) is 12.7. The topological polar surface area (TPSA) is 69.4 Å². The van der Waals surface area contributed by atoms with Crippen molar-refractivity contribution in [3.05, 3.63) is 54.3 Å². The van der Waals surface area contributed by atoms with Crippen LogP contribution in [0.2, 0.25) is 0 Å². The first kappa shape index (κ1) is 15.8. The first-order chi connectivity index (χ1) is 9.95. The molecule has 0 aromatic heterocycles. The Labute approximate surface area is 127 Å². The molecule has 0 bridgehead atoms. The minimum atomic E-state index is -3.67. The molecule has 0 fully saturated rings. The van der Waals surface area contributed by atoms with E-state index in [1.807, 2.05) is 0 Å². The van der Waals surface area contributed by atoms with Gasteiger partial charge in [-0.1, -0.05) is 0 Å². The SMILES string of the molecule is NS(=O)(=O)c1ccc(OCCSc2ccc(F)cc2)cc1. The molecule has 0 aliphatic rings. The van der Waals surface area contributed by atoms with E-state index in [0.717, 1.165) is 4.90 Å². The second-order valence-electron chi connectivity index (χ2n) is 4.17. The van der Waals surface area contributed by atoms with Gasteiger partial charge in [-0.3, -0.25) is 0 Å². The Morgan fingerprint density at radius 1 is 1.05 bits per heavy atom. The molecule has 0 radical (unpaired) electrons. The third-order valence-corrected chi connectivity index (χ3v) is 4.49. The number of sulfonamides is 1. The van der Waals surface area contributed by atoms with Crippen molar-refractivity contribution in [2.45, 2.75) is 9.79 Å². The summed E-state index contributed by atoms with van der Waals surface area (Å²) in [5, 5.41) is 5.00. The van der Waals surface area contributed by atoms with Crippen LogP contribution in [0.3, 0.4) is 0 Å². The zero-order valence-electron chi connectivity index (χ0n) is 11.0. The molecule has 0 aliphatic carbocycles. The quantitative estimate of drug-likeness (QED) is 0.654. The fourth-order valence-electron chi connectivity index (χ4n) is 1.58. The Hall–Kier alpha value is -1.57. The van der Waals surface area contributed by atoms with Crippen LogP contribution in [0.25, 0.3) is 0 Å². The van der Waals surface area contributed by atoms with Crippen molar-refractivity contribution >= 4 is 21.8 Å². The highest BCUT2D eigenvalue weighted by molar-refractivity contribution is 7.99. The van der Waals surface area contributed by atoms with Crippen LogP contribution >= 0.6 is 11.8 Å². The summed E-state index contributed by atoms with van der Waals surface area (Å²) in [6.07, 6.45) is 0. The molecule has 0 atom stereocenters. The van der Waals surface area contributed by atoms with Gasteiger partial charge in [-0.05, 0) is 48.5 Å². The average molecular weight is 327 g/mol. The van der Waals surface area contributed by atoms with Crippen molar-refractivity contribution in [1.29, 1.82) is 0 Å². The number of ether oxygens (including phenoxy) is 1. The van der Waals surface area contributed by atoms with Crippen LogP contribution in [0, 0.1) is 5.82 Å². The lowest BCUT2D eigenvalue weighted by Gasteiger charge is -2.06. The van der Waals surface area contributed by atoms with E-state index < -0.39 is 10.0 Å². The van der Waals surface area contributed by atoms with Crippen LogP contribution in [0.5, 0.6) is 5.75 Å². The van der Waals surface area contributed by atoms with Gasteiger partial charge in [-0.25, -0.2) is 17.9 Å². The van der Waals surface area contributed by atoms with Gasteiger partial charge in [0, 0.05) is 10.6 Å². The summed E-state index contributed by atoms with van der Waals surface area (Å²) in [6.45, 7) is 0.455. The largest absolute Gasteiger partial charge is 0.493 e. The summed E-state index contributed by atoms with van der Waals surface area (Å²) in [6, 6.07) is 12.2. The predicted octanol–water partition coefficient (Wildman–Crippen LogP) is 2.64. The van der Waals surface area contributed by atoms with Gasteiger partial charge in [0.25, 0.3) is 0 Å². The van der Waals surface area contributed by atoms with Crippen LogP contribution in [0.1, 0.15) is 0 Å². The Balaban J connectivity index is 1.80. The van der Waals surface area contributed by atoms with E-state index in [1.54, 1.807) is 36.0 Å². The third kappa shape index (κ3) is 5.04. The number of nitrogens with two attached hydrogens (primary N) is 1. The van der Waals surface area contributed by atoms with E-state index in [9.17, 15) is 12.8 Å². The van der Waals surface area contributed by atoms with E-state index in [-0.39, 0.29) is 10.7 Å². The highest BCUT2D eigenvalue weighted by atomic mass is 32.2. The highest BCUT2D eigenvalue weighted by Gasteiger charge is 2.06. The molecule has 112 valence electrons. The molecule has 2 N–H and O–H groups in total. The molecular weight excluding hydrogens is 313 g/mol. The molecule has 0 amide bonds. The second kappa shape index (κ2) is 6.93. The molecule has 0 saturated carbocycles. The standard InChI is InChI=1S/C14H14FNO3S2/c15-11-1-5-13(6-2-11)20-10-9-19-12-3-7-14(8-4-12)21(16,17)18/h1-8H,9-10H2,(H2,16,17,18). The number of halogens is 1. The van der Waals surface area contributed by atoms with Crippen LogP contribution in [-0.2, 0) is 10.0 Å². The molecule has 0 aliphatic heterocycles. The second-order valence-corrected chi connectivity index (χ2v) is 6.90. The minimum Gasteiger partial charge on any atom is -0.493 e. The number of benzene rings is 2. The van der Waals surface area contributed by atoms with E-state index in [4.69, 9.17) is 9.88 Å². The van der Waals surface area contributed by atoms with Crippen LogP contribution in [-0.4, -0.2) is 20.8 Å². The predicted molar refractivity (Wildman–Crippen MR) is 80.4 cm³/mol. The molecule has 7 heteroatoms. The van der Waals surface area contributed by atoms with Crippen molar-refractivity contribution in [3.63, 3.8) is 0 Å². The number of hydrogen-bond donors (Lipinski definition) is 1. The number of thioether (sulfide) groups is 1. The van der Waals surface area contributed by atoms with E-state index in [1.165, 1.54) is 24.3 Å². The number of rotatable bonds is 6. The van der Waals surface area contributed by atoms with Crippen molar-refractivity contribution < 1.29 is 17.5 Å². The normalized spacial score (nSPS) is 11.3. The highest BCUT2D eigenvalue weighted by Crippen LogP contribution is 2.19. The van der Waals surface area contributed by atoms with Crippen molar-refractivity contribution in [2.75, 3.05) is 12.4 Å². The van der Waals surface area contributed by atoms with Gasteiger partial charge in [-0.15, -0.1) is 11.8 Å². The van der Waals surface area contributed by atoms with Crippen LogP contribution in [0.4, 0.5) is 4.39 Å². The lowest BCUT2D eigenvalue weighted by atomic mass is 10.3. The molecule has 2 rings (SSSR count). The van der Waals surface area contributed by atoms with E-state index in [0.29, 0.717) is 18.1 Å². The van der Waals surface area contributed by atoms with Gasteiger partial charge in [0.15, 0.2) is 0 Å². The molecule has 0 saturated heterocycles. The van der Waals surface area contributed by atoms with E-state index >= 15 is 0 Å². The smallest absolute Gasteiger partial charge is 0.238 e. The molecule has 0 heterocycles. The summed E-state index contributed by atoms with van der Waals surface area (Å²) in [7, 11) is -3.67. The van der Waals surface area contributed by atoms with Crippen molar-refractivity contribution in [3.8, 4) is 5.75 Å². The molecule has 4 nitrogen and oxygen atoms in total. The maximum Gasteiger partial charge on any atom is 0.238 e. The lowest BCUT2D eigenvalue weighted by molar-refractivity contribution is 0.343. The summed E-state index contributed by atoms with van der Waals surface area (Å²) < 4.78 is 40.4. The summed E-state index contributed by atoms with van der Waals surface area (Å²) in [5.41, 5.74) is 0. The van der Waals surface area contributed by atoms with Crippen LogP contribution in [0.15, 0.2) is 58.3 Å². The molecular formula is C14H14FNO3S2. The first-order valence-electron chi connectivity index (χ1n) is 6.09. The van der Waals surface area contributed by atoms with Crippen molar-refractivity contribution in [2.24, 2.45) is 5.14 Å². The fraction of sp³-hybridized carbons (Fsp3) is 0.143. The Morgan fingerprint density at radius 2 is 1.67 bits per heavy atom. The van der Waals surface area contributed by atoms with Gasteiger partial charge in [0.05, 0.1) is 11.5 Å². The summed E-state index contributed by atoms with van der Waals surface area (Å²) in [5.74, 6) is 1.01. The van der Waals surface area contributed by atoms with Crippen molar-refractivity contribution in [1.82, 2.24) is 0 Å².